The van der Waals surface area contributed by atoms with Gasteiger partial charge in [0.25, 0.3) is 0 Å². The van der Waals surface area contributed by atoms with E-state index in [-0.39, 0.29) is 6.41 Å². The highest BCUT2D eigenvalue weighted by atomic mass is 16.5. The molecule has 0 bridgehead atoms. The Bertz CT molecular complexity index is 912. The van der Waals surface area contributed by atoms with E-state index in [0.29, 0.717) is 5.41 Å². The number of amides is 1. The molecule has 2 aliphatic rings. The molecule has 1 aromatic carbocycles. The number of benzene rings is 1. The summed E-state index contributed by atoms with van der Waals surface area (Å²) in [5.74, 6) is 2.08. The Hall–Kier alpha value is -2.84. The summed E-state index contributed by atoms with van der Waals surface area (Å²) in [6, 6.07) is 11.2. The van der Waals surface area contributed by atoms with E-state index >= 15 is 0 Å². The Balaban J connectivity index is 0.00000108. The van der Waals surface area contributed by atoms with E-state index in [2.05, 4.69) is 78.9 Å². The molecule has 192 valence electrons. The molecule has 0 spiro atoms. The van der Waals surface area contributed by atoms with Crippen molar-refractivity contribution in [3.8, 4) is 11.1 Å². The van der Waals surface area contributed by atoms with Gasteiger partial charge in [0.2, 0.25) is 6.41 Å². The zero-order valence-corrected chi connectivity index (χ0v) is 21.7. The van der Waals surface area contributed by atoms with Gasteiger partial charge in [-0.15, -0.1) is 0 Å². The summed E-state index contributed by atoms with van der Waals surface area (Å²) in [5.41, 5.74) is 9.43. The first kappa shape index (κ1) is 26.8. The molecule has 0 atom stereocenters. The number of nitrogens with zero attached hydrogens (tertiary/aromatic N) is 3. The van der Waals surface area contributed by atoms with Crippen LogP contribution < -0.4 is 20.9 Å². The van der Waals surface area contributed by atoms with Crippen LogP contribution in [0.25, 0.3) is 11.1 Å². The maximum atomic E-state index is 8.58. The summed E-state index contributed by atoms with van der Waals surface area (Å²) >= 11 is 0. The van der Waals surface area contributed by atoms with Gasteiger partial charge >= 0.3 is 0 Å². The number of nitrogens with one attached hydrogen (secondary N) is 1. The van der Waals surface area contributed by atoms with Crippen LogP contribution in [0.2, 0.25) is 0 Å². The average molecular weight is 484 g/mol. The van der Waals surface area contributed by atoms with Crippen molar-refractivity contribution >= 4 is 23.7 Å². The normalized spacial score (nSPS) is 16.3. The van der Waals surface area contributed by atoms with Crippen molar-refractivity contribution in [2.24, 2.45) is 11.1 Å². The lowest BCUT2D eigenvalue weighted by Crippen LogP contribution is -2.39. The number of pyridine rings is 1. The quantitative estimate of drug-likeness (QED) is 0.606. The summed E-state index contributed by atoms with van der Waals surface area (Å²) in [5, 5.41) is 3.63. The van der Waals surface area contributed by atoms with E-state index in [1.54, 1.807) is 0 Å². The first-order valence-corrected chi connectivity index (χ1v) is 12.5. The van der Waals surface area contributed by atoms with Crippen molar-refractivity contribution in [3.63, 3.8) is 0 Å². The molecule has 0 saturated carbocycles. The van der Waals surface area contributed by atoms with Crippen LogP contribution in [0.5, 0.6) is 0 Å². The van der Waals surface area contributed by atoms with Crippen molar-refractivity contribution in [1.29, 1.82) is 0 Å². The Kier molecular flexibility index (Phi) is 9.74. The second-order valence-corrected chi connectivity index (χ2v) is 10.2. The fourth-order valence-corrected chi connectivity index (χ4v) is 4.19. The predicted octanol–water partition coefficient (Wildman–Crippen LogP) is 3.68. The topological polar surface area (TPSA) is 92.9 Å². The van der Waals surface area contributed by atoms with Crippen LogP contribution in [-0.2, 0) is 14.3 Å². The molecule has 1 amide bonds. The number of aromatic nitrogens is 1. The zero-order chi connectivity index (χ0) is 25.3. The van der Waals surface area contributed by atoms with Gasteiger partial charge in [0, 0.05) is 38.4 Å². The van der Waals surface area contributed by atoms with Crippen LogP contribution in [0.1, 0.15) is 32.8 Å². The molecule has 0 unspecified atom stereocenters. The van der Waals surface area contributed by atoms with Gasteiger partial charge in [-0.25, -0.2) is 4.98 Å². The minimum absolute atomic E-state index is 0.250. The third-order valence-electron chi connectivity index (χ3n) is 6.22. The average Bonchev–Trinajstić information content (AvgIpc) is 2.85. The number of ether oxygens (including phenoxy) is 2. The van der Waals surface area contributed by atoms with Crippen molar-refractivity contribution in [3.05, 3.63) is 35.9 Å². The molecule has 2 saturated heterocycles. The number of carbonyl (C=O) groups excluding carboxylic acids is 1. The van der Waals surface area contributed by atoms with E-state index in [9.17, 15) is 0 Å². The lowest BCUT2D eigenvalue weighted by molar-refractivity contribution is -0.106. The van der Waals surface area contributed by atoms with Gasteiger partial charge in [-0.05, 0) is 59.7 Å². The Labute approximate surface area is 209 Å². The number of aryl methyl sites for hydroxylation is 1. The first-order chi connectivity index (χ1) is 16.8. The van der Waals surface area contributed by atoms with E-state index in [1.165, 1.54) is 22.4 Å². The molecular weight excluding hydrogens is 442 g/mol. The minimum Gasteiger partial charge on any atom is -0.385 e. The van der Waals surface area contributed by atoms with Crippen LogP contribution in [0.15, 0.2) is 30.3 Å². The highest BCUT2D eigenvalue weighted by molar-refractivity contribution is 5.76. The minimum atomic E-state index is 0.250. The second kappa shape index (κ2) is 12.7. The summed E-state index contributed by atoms with van der Waals surface area (Å²) in [4.78, 5) is 18.3. The van der Waals surface area contributed by atoms with Gasteiger partial charge in [0.05, 0.1) is 26.4 Å². The lowest BCUT2D eigenvalue weighted by Gasteiger charge is -2.32. The van der Waals surface area contributed by atoms with Crippen molar-refractivity contribution < 1.29 is 14.3 Å². The zero-order valence-electron chi connectivity index (χ0n) is 21.7. The smallest absolute Gasteiger partial charge is 0.204 e. The molecule has 8 nitrogen and oxygen atoms in total. The van der Waals surface area contributed by atoms with Crippen LogP contribution in [0.3, 0.4) is 0 Å². The van der Waals surface area contributed by atoms with E-state index in [1.807, 2.05) is 0 Å². The number of morpholine rings is 2. The molecular formula is C27H41N5O3. The van der Waals surface area contributed by atoms with Crippen LogP contribution >= 0.6 is 0 Å². The number of carbonyl (C=O) groups is 1. The lowest BCUT2D eigenvalue weighted by atomic mass is 9.92. The van der Waals surface area contributed by atoms with Gasteiger partial charge in [-0.1, -0.05) is 26.8 Å². The van der Waals surface area contributed by atoms with Gasteiger partial charge in [-0.3, -0.25) is 4.79 Å². The van der Waals surface area contributed by atoms with E-state index in [0.717, 1.165) is 77.2 Å². The second-order valence-electron chi connectivity index (χ2n) is 10.2. The highest BCUT2D eigenvalue weighted by Crippen LogP contribution is 2.33. The molecule has 8 heteroatoms. The number of hydrogen-bond acceptors (Lipinski definition) is 7. The molecule has 3 heterocycles. The molecule has 1 aromatic heterocycles. The predicted molar refractivity (Wildman–Crippen MR) is 143 cm³/mol. The Morgan fingerprint density at radius 1 is 0.971 bits per heavy atom. The third-order valence-corrected chi connectivity index (χ3v) is 6.22. The van der Waals surface area contributed by atoms with Gasteiger partial charge in [0.15, 0.2) is 0 Å². The largest absolute Gasteiger partial charge is 0.385 e. The summed E-state index contributed by atoms with van der Waals surface area (Å²) in [6.07, 6.45) is 1.38. The molecule has 0 aliphatic carbocycles. The van der Waals surface area contributed by atoms with Crippen LogP contribution in [0.4, 0.5) is 17.3 Å². The van der Waals surface area contributed by atoms with E-state index in [4.69, 9.17) is 19.3 Å². The molecule has 4 rings (SSSR count). The fraction of sp³-hybridized carbons (Fsp3) is 0.556. The van der Waals surface area contributed by atoms with Crippen LogP contribution in [-0.4, -0.2) is 70.5 Å². The molecule has 35 heavy (non-hydrogen) atoms. The maximum absolute atomic E-state index is 8.58. The SMILES string of the molecule is Cc1ccc(NCCC(C)(C)C)cc1-c1cc(N2CCOCC2)nc(N2CCOCC2)c1.NC=O. The highest BCUT2D eigenvalue weighted by Gasteiger charge is 2.19. The van der Waals surface area contributed by atoms with E-state index < -0.39 is 0 Å². The Morgan fingerprint density at radius 3 is 1.97 bits per heavy atom. The van der Waals surface area contributed by atoms with Crippen molar-refractivity contribution in [2.75, 3.05) is 74.3 Å². The number of nitrogens with two attached hydrogens (primary N) is 1. The summed E-state index contributed by atoms with van der Waals surface area (Å²) < 4.78 is 11.1. The monoisotopic (exact) mass is 483 g/mol. The summed E-state index contributed by atoms with van der Waals surface area (Å²) in [6.45, 7) is 16.6. The molecule has 3 N–H and O–H groups in total. The molecule has 2 aromatic rings. The third kappa shape index (κ3) is 8.11. The number of anilines is 3. The van der Waals surface area contributed by atoms with Crippen LogP contribution in [0, 0.1) is 12.3 Å². The first-order valence-electron chi connectivity index (χ1n) is 12.5. The van der Waals surface area contributed by atoms with Gasteiger partial charge in [-0.2, -0.15) is 0 Å². The molecule has 2 aliphatic heterocycles. The maximum Gasteiger partial charge on any atom is 0.204 e. The fourth-order valence-electron chi connectivity index (χ4n) is 4.19. The van der Waals surface area contributed by atoms with Gasteiger partial charge < -0.3 is 30.3 Å². The van der Waals surface area contributed by atoms with Crippen molar-refractivity contribution in [2.45, 2.75) is 34.1 Å². The standard InChI is InChI=1S/C26H38N4O2.CH3NO/c1-20-5-6-22(27-8-7-26(2,3)4)19-23(20)21-17-24(29-9-13-31-14-10-29)28-25(18-21)30-11-15-32-16-12-30;2-1-3/h5-6,17-19,27H,7-16H2,1-4H3;1H,(H2,2,3). The summed E-state index contributed by atoms with van der Waals surface area (Å²) in [7, 11) is 0. The number of rotatable bonds is 6. The van der Waals surface area contributed by atoms with Gasteiger partial charge in [0.1, 0.15) is 11.6 Å². The van der Waals surface area contributed by atoms with Crippen molar-refractivity contribution in [1.82, 2.24) is 4.98 Å². The number of primary amides is 1. The molecule has 0 radical (unpaired) electrons. The molecule has 2 fully saturated rings. The number of hydrogen-bond donors (Lipinski definition) is 2. The Morgan fingerprint density at radius 2 is 1.49 bits per heavy atom.